The number of aliphatic hydroxyl groups is 1. The Hall–Kier alpha value is -1.78. The Morgan fingerprint density at radius 3 is 1.91 bits per heavy atom. The summed E-state index contributed by atoms with van der Waals surface area (Å²) in [5.74, 6) is 3.22. The number of hydrogen-bond acceptors (Lipinski definition) is 5. The van der Waals surface area contributed by atoms with Crippen LogP contribution in [0.1, 0.15) is 57.5 Å². The summed E-state index contributed by atoms with van der Waals surface area (Å²) in [5.41, 5.74) is 4.26. The van der Waals surface area contributed by atoms with Gasteiger partial charge in [0.15, 0.2) is 0 Å². The summed E-state index contributed by atoms with van der Waals surface area (Å²) in [5, 5.41) is 9.89. The fraction of sp³-hybridized carbons (Fsp3) is 0.407. The quantitative estimate of drug-likeness (QED) is 0.318. The first-order valence-corrected chi connectivity index (χ1v) is 15.3. The van der Waals surface area contributed by atoms with Crippen molar-refractivity contribution in [3.8, 4) is 0 Å². The van der Waals surface area contributed by atoms with Gasteiger partial charge >= 0.3 is 0 Å². The number of aliphatic hydroxyl groups excluding tert-OH is 1. The second kappa shape index (κ2) is 13.5. The van der Waals surface area contributed by atoms with Gasteiger partial charge in [0.2, 0.25) is 14.7 Å². The van der Waals surface area contributed by atoms with Crippen molar-refractivity contribution >= 4 is 14.7 Å². The van der Waals surface area contributed by atoms with Gasteiger partial charge in [-0.1, -0.05) is 79.2 Å². The first-order chi connectivity index (χ1) is 16.2. The van der Waals surface area contributed by atoms with Crippen LogP contribution in [0.15, 0.2) is 83.4 Å². The van der Waals surface area contributed by atoms with Crippen molar-refractivity contribution < 1.29 is 28.4 Å². The minimum absolute atomic E-state index is 0. The molecule has 4 unspecified atom stereocenters. The average molecular weight is 521 g/mol. The highest BCUT2D eigenvalue weighted by atomic mass is 31.2. The molecule has 3 aliphatic heterocycles. The summed E-state index contributed by atoms with van der Waals surface area (Å²) in [7, 11) is -5.38. The average Bonchev–Trinajstić information content (AvgIpc) is 3.55. The Kier molecular flexibility index (Phi) is 11.4. The van der Waals surface area contributed by atoms with Crippen molar-refractivity contribution in [3.05, 3.63) is 94.6 Å². The molecule has 0 aliphatic carbocycles. The third-order valence-corrected chi connectivity index (χ3v) is 9.60. The topological polar surface area (TPSA) is 96.4 Å². The highest BCUT2D eigenvalue weighted by Crippen LogP contribution is 2.55. The molecule has 6 nitrogen and oxygen atoms in total. The van der Waals surface area contributed by atoms with Crippen LogP contribution < -0.4 is 0 Å². The molecule has 4 atom stereocenters. The summed E-state index contributed by atoms with van der Waals surface area (Å²) < 4.78 is 33.4. The van der Waals surface area contributed by atoms with Gasteiger partial charge in [-0.2, -0.15) is 0 Å². The number of epoxide rings is 1. The molecule has 5 rings (SSSR count). The van der Waals surface area contributed by atoms with E-state index in [9.17, 15) is 14.2 Å². The summed E-state index contributed by atoms with van der Waals surface area (Å²) in [4.78, 5) is 8.84. The molecule has 192 valence electrons. The third-order valence-electron chi connectivity index (χ3n) is 5.62. The summed E-state index contributed by atoms with van der Waals surface area (Å²) in [6, 6.07) is 19.6. The molecule has 8 heteroatoms. The second-order valence-electron chi connectivity index (χ2n) is 8.83. The van der Waals surface area contributed by atoms with Gasteiger partial charge in [0.1, 0.15) is 12.2 Å². The van der Waals surface area contributed by atoms with Crippen molar-refractivity contribution in [2.45, 2.75) is 46.3 Å². The predicted octanol–water partition coefficient (Wildman–Crippen LogP) is 7.28. The Morgan fingerprint density at radius 2 is 1.49 bits per heavy atom. The largest absolute Gasteiger partial charge is 0.386 e. The van der Waals surface area contributed by atoms with Crippen molar-refractivity contribution in [1.82, 2.24) is 0 Å². The SMILES string of the molecule is C.CC1=CP(=O)(O)CC1.CC1=CP(=O)(OCC(O)c2ccccc2)CC1.c1ccc(C2CO2)cc1. The number of hydrogen-bond donors (Lipinski definition) is 2. The Labute approximate surface area is 209 Å². The highest BCUT2D eigenvalue weighted by molar-refractivity contribution is 7.62. The molecule has 1 saturated heterocycles. The van der Waals surface area contributed by atoms with Gasteiger partial charge in [0.25, 0.3) is 0 Å². The Balaban J connectivity index is 0.000000202. The van der Waals surface area contributed by atoms with Crippen LogP contribution in [0.2, 0.25) is 0 Å². The molecule has 2 aromatic rings. The maximum atomic E-state index is 12.1. The van der Waals surface area contributed by atoms with E-state index in [1.54, 1.807) is 5.82 Å². The first kappa shape index (κ1) is 29.5. The third kappa shape index (κ3) is 10.4. The fourth-order valence-electron chi connectivity index (χ4n) is 3.59. The van der Waals surface area contributed by atoms with E-state index in [-0.39, 0.29) is 14.0 Å². The van der Waals surface area contributed by atoms with Gasteiger partial charge in [0, 0.05) is 12.3 Å². The maximum Gasteiger partial charge on any atom is 0.225 e. The van der Waals surface area contributed by atoms with E-state index in [1.165, 1.54) is 11.4 Å². The van der Waals surface area contributed by atoms with E-state index < -0.39 is 20.8 Å². The van der Waals surface area contributed by atoms with Crippen molar-refractivity contribution in [3.63, 3.8) is 0 Å². The van der Waals surface area contributed by atoms with E-state index in [0.717, 1.165) is 36.2 Å². The lowest BCUT2D eigenvalue weighted by atomic mass is 10.1. The zero-order valence-corrected chi connectivity index (χ0v) is 21.5. The fourth-order valence-corrected chi connectivity index (χ4v) is 7.40. The smallest absolute Gasteiger partial charge is 0.225 e. The standard InChI is InChI=1S/C13H17O3P.C8H8O.C5H9O2P.CH4/c1-11-7-8-17(15,10-11)16-9-13(14)12-5-3-2-4-6-12;1-2-4-7(5-3-1)8-6-9-8;1-5-2-3-8(6,7)4-5;/h2-6,10,13-14H,7-9H2,1H3;1-5,8H,6H2;4H,2-3H2,1H3,(H,6,7);1H4. The van der Waals surface area contributed by atoms with Crippen LogP contribution >= 0.6 is 14.7 Å². The number of benzene rings is 2. The summed E-state index contributed by atoms with van der Waals surface area (Å²) >= 11 is 0. The number of ether oxygens (including phenoxy) is 1. The molecule has 2 N–H and O–H groups in total. The van der Waals surface area contributed by atoms with Crippen LogP contribution in [0.3, 0.4) is 0 Å². The summed E-state index contributed by atoms with van der Waals surface area (Å²) in [6.07, 6.45) is 2.36. The molecular weight excluding hydrogens is 482 g/mol. The molecule has 0 spiro atoms. The van der Waals surface area contributed by atoms with Gasteiger partial charge in [-0.3, -0.25) is 9.13 Å². The Morgan fingerprint density at radius 1 is 0.943 bits per heavy atom. The van der Waals surface area contributed by atoms with Crippen LogP contribution in [0.4, 0.5) is 0 Å². The van der Waals surface area contributed by atoms with E-state index in [4.69, 9.17) is 14.2 Å². The van der Waals surface area contributed by atoms with E-state index in [1.807, 2.05) is 62.4 Å². The van der Waals surface area contributed by atoms with Crippen LogP contribution in [0.5, 0.6) is 0 Å². The van der Waals surface area contributed by atoms with E-state index >= 15 is 0 Å². The molecule has 0 amide bonds. The van der Waals surface area contributed by atoms with Crippen LogP contribution in [-0.2, 0) is 18.4 Å². The van der Waals surface area contributed by atoms with Gasteiger partial charge in [-0.15, -0.1) is 0 Å². The molecule has 1 fully saturated rings. The van der Waals surface area contributed by atoms with E-state index in [2.05, 4.69) is 12.1 Å². The molecular formula is C27H38O6P2. The molecule has 3 heterocycles. The molecule has 0 saturated carbocycles. The van der Waals surface area contributed by atoms with Crippen LogP contribution in [0, 0.1) is 0 Å². The second-order valence-corrected chi connectivity index (χ2v) is 13.5. The van der Waals surface area contributed by atoms with Crippen molar-refractivity contribution in [1.29, 1.82) is 0 Å². The van der Waals surface area contributed by atoms with Crippen molar-refractivity contribution in [2.75, 3.05) is 25.5 Å². The normalized spacial score (nSPS) is 27.1. The Bertz CT molecular complexity index is 1080. The summed E-state index contributed by atoms with van der Waals surface area (Å²) in [6.45, 7) is 4.83. The maximum absolute atomic E-state index is 12.1. The van der Waals surface area contributed by atoms with E-state index in [0.29, 0.717) is 18.4 Å². The zero-order chi connectivity index (χ0) is 24.6. The van der Waals surface area contributed by atoms with Gasteiger partial charge in [-0.05, 0) is 49.5 Å². The first-order valence-electron chi connectivity index (χ1n) is 11.5. The van der Waals surface area contributed by atoms with Crippen LogP contribution in [0.25, 0.3) is 0 Å². The number of allylic oxidation sites excluding steroid dienone is 2. The van der Waals surface area contributed by atoms with Gasteiger partial charge in [-0.25, -0.2) is 0 Å². The van der Waals surface area contributed by atoms with Crippen LogP contribution in [-0.4, -0.2) is 35.5 Å². The molecule has 3 aliphatic rings. The molecule has 2 aromatic carbocycles. The monoisotopic (exact) mass is 520 g/mol. The molecule has 35 heavy (non-hydrogen) atoms. The minimum Gasteiger partial charge on any atom is -0.386 e. The molecule has 0 aromatic heterocycles. The highest BCUT2D eigenvalue weighted by Gasteiger charge is 2.27. The lowest BCUT2D eigenvalue weighted by Crippen LogP contribution is -2.05. The molecule has 0 bridgehead atoms. The lowest BCUT2D eigenvalue weighted by molar-refractivity contribution is 0.111. The minimum atomic E-state index is -2.76. The lowest BCUT2D eigenvalue weighted by Gasteiger charge is -2.15. The predicted molar refractivity (Wildman–Crippen MR) is 143 cm³/mol. The zero-order valence-electron chi connectivity index (χ0n) is 19.7. The van der Waals surface area contributed by atoms with Crippen molar-refractivity contribution in [2.24, 2.45) is 0 Å². The van der Waals surface area contributed by atoms with Gasteiger partial charge in [0.05, 0.1) is 13.2 Å². The molecule has 0 radical (unpaired) electrons. The van der Waals surface area contributed by atoms with Gasteiger partial charge < -0.3 is 19.3 Å². The number of rotatable bonds is 5.